The summed E-state index contributed by atoms with van der Waals surface area (Å²) in [5, 5.41) is 35.7. The van der Waals surface area contributed by atoms with Crippen molar-refractivity contribution in [1.29, 1.82) is 0 Å². The molecule has 2 aromatic carbocycles. The number of phenolic OH excluding ortho intramolecular Hbond substituents is 1. The van der Waals surface area contributed by atoms with Gasteiger partial charge in [0.1, 0.15) is 23.9 Å². The van der Waals surface area contributed by atoms with Gasteiger partial charge in [0.05, 0.1) is 12.5 Å². The van der Waals surface area contributed by atoms with E-state index >= 15 is 0 Å². The van der Waals surface area contributed by atoms with Crippen molar-refractivity contribution in [3.63, 3.8) is 0 Å². The van der Waals surface area contributed by atoms with E-state index in [0.717, 1.165) is 0 Å². The Kier molecular flexibility index (Phi) is 13.4. The minimum absolute atomic E-state index is 0.00482. The van der Waals surface area contributed by atoms with Gasteiger partial charge in [-0.05, 0) is 36.1 Å². The number of aliphatic carboxylic acids is 2. The number of guanidine groups is 1. The summed E-state index contributed by atoms with van der Waals surface area (Å²) >= 11 is 0. The quantitative estimate of drug-likeness (QED) is 0.0577. The fourth-order valence-electron chi connectivity index (χ4n) is 4.00. The fraction of sp³-hybridized carbons (Fsp3) is 0.357. The Bertz CT molecular complexity index is 1280. The molecule has 0 aliphatic carbocycles. The first-order valence-electron chi connectivity index (χ1n) is 13.3. The molecule has 0 aromatic heterocycles. The maximum atomic E-state index is 13.5. The standard InChI is InChI=1S/C28H37N7O8/c29-19(15-23(37)38)24(39)34-21(14-17-8-10-18(36)11-9-17)26(41)35-22(13-16-5-2-1-3-6-16)25(40)33-20(27(42)43)7-4-12-32-28(30)31/h1-3,5-6,8-11,19-22,36H,4,7,12-15,29H2,(H,33,40)(H,34,39)(H,35,41)(H,37,38)(H,42,43)(H4,30,31,32). The van der Waals surface area contributed by atoms with Crippen LogP contribution < -0.4 is 33.2 Å². The van der Waals surface area contributed by atoms with E-state index in [1.54, 1.807) is 30.3 Å². The van der Waals surface area contributed by atoms with Crippen LogP contribution in [0.5, 0.6) is 5.75 Å². The second kappa shape index (κ2) is 16.9. The lowest BCUT2D eigenvalue weighted by atomic mass is 10.0. The lowest BCUT2D eigenvalue weighted by Gasteiger charge is -2.25. The Morgan fingerprint density at radius 3 is 1.77 bits per heavy atom. The topological polar surface area (TPSA) is 273 Å². The average Bonchev–Trinajstić information content (AvgIpc) is 2.94. The summed E-state index contributed by atoms with van der Waals surface area (Å²) in [5.74, 6) is -5.29. The molecule has 2 aromatic rings. The number of benzene rings is 2. The van der Waals surface area contributed by atoms with Crippen molar-refractivity contribution in [1.82, 2.24) is 16.0 Å². The number of nitrogens with zero attached hydrogens (tertiary/aromatic N) is 1. The number of aromatic hydroxyl groups is 1. The normalized spacial score (nSPS) is 13.4. The average molecular weight is 600 g/mol. The molecule has 43 heavy (non-hydrogen) atoms. The Morgan fingerprint density at radius 2 is 1.26 bits per heavy atom. The monoisotopic (exact) mass is 599 g/mol. The van der Waals surface area contributed by atoms with Crippen LogP contribution in [0.15, 0.2) is 59.6 Å². The van der Waals surface area contributed by atoms with Crippen molar-refractivity contribution in [3.8, 4) is 5.75 Å². The van der Waals surface area contributed by atoms with Gasteiger partial charge in [0.25, 0.3) is 0 Å². The SMILES string of the molecule is NC(N)=NCCCC(NC(=O)C(Cc1ccccc1)NC(=O)C(Cc1ccc(O)cc1)NC(=O)C(N)CC(=O)O)C(=O)O. The summed E-state index contributed by atoms with van der Waals surface area (Å²) in [6.07, 6.45) is -0.539. The molecule has 0 spiro atoms. The molecule has 15 nitrogen and oxygen atoms in total. The molecule has 15 heteroatoms. The van der Waals surface area contributed by atoms with Gasteiger partial charge in [0.2, 0.25) is 17.7 Å². The molecule has 4 atom stereocenters. The summed E-state index contributed by atoms with van der Waals surface area (Å²) in [5.41, 5.74) is 17.4. The number of carboxylic acids is 2. The van der Waals surface area contributed by atoms with Crippen LogP contribution in [0.4, 0.5) is 0 Å². The highest BCUT2D eigenvalue weighted by atomic mass is 16.4. The summed E-state index contributed by atoms with van der Waals surface area (Å²) in [7, 11) is 0. The van der Waals surface area contributed by atoms with Gasteiger partial charge >= 0.3 is 11.9 Å². The van der Waals surface area contributed by atoms with Gasteiger partial charge in [-0.3, -0.25) is 24.2 Å². The van der Waals surface area contributed by atoms with Gasteiger partial charge in [0.15, 0.2) is 5.96 Å². The largest absolute Gasteiger partial charge is 0.508 e. The van der Waals surface area contributed by atoms with Crippen molar-refractivity contribution in [3.05, 3.63) is 65.7 Å². The first kappa shape index (κ1) is 34.0. The second-order valence-corrected chi connectivity index (χ2v) is 9.74. The van der Waals surface area contributed by atoms with E-state index in [0.29, 0.717) is 11.1 Å². The van der Waals surface area contributed by atoms with Gasteiger partial charge in [-0.15, -0.1) is 0 Å². The van der Waals surface area contributed by atoms with E-state index < -0.39 is 60.2 Å². The zero-order chi connectivity index (χ0) is 31.9. The number of rotatable bonds is 17. The smallest absolute Gasteiger partial charge is 0.326 e. The van der Waals surface area contributed by atoms with Crippen LogP contribution in [0.25, 0.3) is 0 Å². The number of carbonyl (C=O) groups is 5. The third kappa shape index (κ3) is 12.5. The molecule has 0 saturated carbocycles. The number of carboxylic acid groups (broad SMARTS) is 2. The van der Waals surface area contributed by atoms with Crippen LogP contribution in [0.3, 0.4) is 0 Å². The highest BCUT2D eigenvalue weighted by molar-refractivity contribution is 5.95. The lowest BCUT2D eigenvalue weighted by Crippen LogP contribution is -2.58. The van der Waals surface area contributed by atoms with Crippen molar-refractivity contribution in [2.45, 2.75) is 56.3 Å². The number of hydrogen-bond donors (Lipinski definition) is 9. The maximum Gasteiger partial charge on any atom is 0.326 e. The zero-order valence-corrected chi connectivity index (χ0v) is 23.3. The molecule has 232 valence electrons. The fourth-order valence-corrected chi connectivity index (χ4v) is 4.00. The van der Waals surface area contributed by atoms with Crippen molar-refractivity contribution >= 4 is 35.6 Å². The van der Waals surface area contributed by atoms with Crippen molar-refractivity contribution in [2.24, 2.45) is 22.2 Å². The van der Waals surface area contributed by atoms with E-state index in [1.807, 2.05) is 0 Å². The molecular formula is C28H37N7O8. The number of aliphatic imine (C=N–C) groups is 1. The van der Waals surface area contributed by atoms with Gasteiger partial charge in [0, 0.05) is 19.4 Å². The first-order chi connectivity index (χ1) is 20.3. The molecule has 0 heterocycles. The maximum absolute atomic E-state index is 13.5. The number of nitrogens with one attached hydrogen (secondary N) is 3. The van der Waals surface area contributed by atoms with Gasteiger partial charge in [-0.25, -0.2) is 4.79 Å². The highest BCUT2D eigenvalue weighted by Crippen LogP contribution is 2.13. The number of nitrogens with two attached hydrogens (primary N) is 3. The molecule has 12 N–H and O–H groups in total. The highest BCUT2D eigenvalue weighted by Gasteiger charge is 2.31. The van der Waals surface area contributed by atoms with Gasteiger partial charge in [-0.2, -0.15) is 0 Å². The van der Waals surface area contributed by atoms with E-state index in [-0.39, 0.29) is 43.9 Å². The van der Waals surface area contributed by atoms with Crippen LogP contribution in [-0.4, -0.2) is 81.7 Å². The molecule has 0 aliphatic rings. The lowest BCUT2D eigenvalue weighted by molar-refractivity contribution is -0.142. The number of phenols is 1. The number of amides is 3. The predicted octanol–water partition coefficient (Wildman–Crippen LogP) is -1.43. The van der Waals surface area contributed by atoms with Crippen molar-refractivity contribution < 1.29 is 39.3 Å². The van der Waals surface area contributed by atoms with E-state index in [1.165, 1.54) is 24.3 Å². The van der Waals surface area contributed by atoms with Crippen LogP contribution >= 0.6 is 0 Å². The second-order valence-electron chi connectivity index (χ2n) is 9.74. The van der Waals surface area contributed by atoms with Gasteiger partial charge in [-0.1, -0.05) is 42.5 Å². The van der Waals surface area contributed by atoms with E-state index in [9.17, 15) is 34.2 Å². The van der Waals surface area contributed by atoms with Crippen LogP contribution in [0, 0.1) is 0 Å². The molecule has 2 rings (SSSR count). The third-order valence-corrected chi connectivity index (χ3v) is 6.22. The van der Waals surface area contributed by atoms with E-state index in [4.69, 9.17) is 22.3 Å². The predicted molar refractivity (Wildman–Crippen MR) is 156 cm³/mol. The Balaban J connectivity index is 2.29. The Labute approximate surface area is 247 Å². The van der Waals surface area contributed by atoms with Crippen LogP contribution in [0.2, 0.25) is 0 Å². The van der Waals surface area contributed by atoms with E-state index in [2.05, 4.69) is 20.9 Å². The first-order valence-corrected chi connectivity index (χ1v) is 13.3. The minimum Gasteiger partial charge on any atom is -0.508 e. The Hall–Kier alpha value is -5.18. The third-order valence-electron chi connectivity index (χ3n) is 6.22. The summed E-state index contributed by atoms with van der Waals surface area (Å²) in [6.45, 7) is 0.148. The molecule has 0 radical (unpaired) electrons. The Morgan fingerprint density at radius 1 is 0.744 bits per heavy atom. The summed E-state index contributed by atoms with van der Waals surface area (Å²) in [6, 6.07) is 9.14. The molecule has 0 fully saturated rings. The number of hydrogen-bond acceptors (Lipinski definition) is 8. The summed E-state index contributed by atoms with van der Waals surface area (Å²) < 4.78 is 0. The molecule has 3 amide bonds. The minimum atomic E-state index is -1.45. The zero-order valence-electron chi connectivity index (χ0n) is 23.3. The molecule has 4 unspecified atom stereocenters. The van der Waals surface area contributed by atoms with Crippen molar-refractivity contribution in [2.75, 3.05) is 6.54 Å². The summed E-state index contributed by atoms with van der Waals surface area (Å²) in [4.78, 5) is 66.2. The molecule has 0 saturated heterocycles. The molecule has 0 bridgehead atoms. The number of carbonyl (C=O) groups excluding carboxylic acids is 3. The molecular weight excluding hydrogens is 562 g/mol. The molecule has 0 aliphatic heterocycles. The van der Waals surface area contributed by atoms with Gasteiger partial charge < -0.3 is 48.5 Å². The van der Waals surface area contributed by atoms with Crippen LogP contribution in [-0.2, 0) is 36.8 Å². The van der Waals surface area contributed by atoms with Crippen LogP contribution in [0.1, 0.15) is 30.4 Å².